The summed E-state index contributed by atoms with van der Waals surface area (Å²) >= 11 is 0. The van der Waals surface area contributed by atoms with E-state index >= 15 is 0 Å². The fraction of sp³-hybridized carbons (Fsp3) is 0.538. The molecule has 0 aliphatic carbocycles. The van der Waals surface area contributed by atoms with Crippen LogP contribution < -0.4 is 4.72 Å². The average Bonchev–Trinajstić information content (AvgIpc) is 2.20. The predicted octanol–water partition coefficient (Wildman–Crippen LogP) is 3.27. The first-order valence-electron chi connectivity index (χ1n) is 5.86. The molecule has 0 fully saturated rings. The largest absolute Gasteiger partial charge is 0.283 e. The lowest BCUT2D eigenvalue weighted by atomic mass is 10.0. The lowest BCUT2D eigenvalue weighted by Gasteiger charge is -2.14. The molecule has 1 aromatic rings. The second-order valence-electron chi connectivity index (χ2n) is 4.92. The van der Waals surface area contributed by atoms with E-state index in [1.165, 1.54) is 5.56 Å². The van der Waals surface area contributed by atoms with Crippen molar-refractivity contribution in [1.82, 2.24) is 0 Å². The summed E-state index contributed by atoms with van der Waals surface area (Å²) < 4.78 is 26.1. The summed E-state index contributed by atoms with van der Waals surface area (Å²) in [5, 5.41) is -0.424. The van der Waals surface area contributed by atoms with Crippen LogP contribution in [0.25, 0.3) is 0 Å². The normalized spacial score (nSPS) is 12.2. The van der Waals surface area contributed by atoms with Gasteiger partial charge in [0.1, 0.15) is 0 Å². The van der Waals surface area contributed by atoms with Gasteiger partial charge in [0, 0.05) is 0 Å². The Labute approximate surface area is 104 Å². The van der Waals surface area contributed by atoms with Crippen LogP contribution in [-0.2, 0) is 10.0 Å². The molecule has 0 aromatic heterocycles. The Morgan fingerprint density at radius 2 is 1.71 bits per heavy atom. The fourth-order valence-electron chi connectivity index (χ4n) is 1.43. The predicted molar refractivity (Wildman–Crippen MR) is 72.9 cm³/mol. The smallest absolute Gasteiger partial charge is 0.235 e. The minimum absolute atomic E-state index is 0.424. The quantitative estimate of drug-likeness (QED) is 0.897. The van der Waals surface area contributed by atoms with E-state index in [4.69, 9.17) is 0 Å². The monoisotopic (exact) mass is 255 g/mol. The summed E-state index contributed by atoms with van der Waals surface area (Å²) in [5.74, 6) is 0.449. The zero-order valence-corrected chi connectivity index (χ0v) is 11.9. The average molecular weight is 255 g/mol. The summed E-state index contributed by atoms with van der Waals surface area (Å²) in [4.78, 5) is 0. The molecule has 1 rings (SSSR count). The van der Waals surface area contributed by atoms with Gasteiger partial charge in [0.2, 0.25) is 10.0 Å². The Morgan fingerprint density at radius 3 is 2.12 bits per heavy atom. The van der Waals surface area contributed by atoms with Crippen molar-refractivity contribution in [3.05, 3.63) is 29.3 Å². The molecule has 0 atom stereocenters. The van der Waals surface area contributed by atoms with E-state index in [1.807, 2.05) is 25.1 Å². The standard InChI is InChI=1S/C13H21NO2S/c1-9(2)12-6-7-13(11(5)8-12)14-17(15,16)10(3)4/h6-10,14H,1-5H3. The molecule has 17 heavy (non-hydrogen) atoms. The zero-order valence-electron chi connectivity index (χ0n) is 11.1. The third-order valence-corrected chi connectivity index (χ3v) is 4.54. The van der Waals surface area contributed by atoms with Crippen LogP contribution in [0.2, 0.25) is 0 Å². The lowest BCUT2D eigenvalue weighted by molar-refractivity contribution is 0.592. The van der Waals surface area contributed by atoms with Crippen LogP contribution >= 0.6 is 0 Å². The van der Waals surface area contributed by atoms with Crippen LogP contribution in [0.1, 0.15) is 44.7 Å². The molecule has 1 aromatic carbocycles. The van der Waals surface area contributed by atoms with Gasteiger partial charge in [-0.2, -0.15) is 0 Å². The van der Waals surface area contributed by atoms with Crippen molar-refractivity contribution in [2.75, 3.05) is 4.72 Å². The Kier molecular flexibility index (Phi) is 4.20. The maximum absolute atomic E-state index is 11.8. The van der Waals surface area contributed by atoms with E-state index in [0.717, 1.165) is 5.56 Å². The van der Waals surface area contributed by atoms with Gasteiger partial charge in [0.25, 0.3) is 0 Å². The summed E-state index contributed by atoms with van der Waals surface area (Å²) in [5.41, 5.74) is 2.85. The number of nitrogens with one attached hydrogen (secondary N) is 1. The van der Waals surface area contributed by atoms with Crippen molar-refractivity contribution in [2.24, 2.45) is 0 Å². The molecular weight excluding hydrogens is 234 g/mol. The van der Waals surface area contributed by atoms with E-state index in [0.29, 0.717) is 11.6 Å². The maximum Gasteiger partial charge on any atom is 0.235 e. The minimum atomic E-state index is -3.26. The molecule has 0 unspecified atom stereocenters. The Morgan fingerprint density at radius 1 is 1.12 bits per heavy atom. The number of hydrogen-bond donors (Lipinski definition) is 1. The van der Waals surface area contributed by atoms with Gasteiger partial charge in [-0.25, -0.2) is 8.42 Å². The van der Waals surface area contributed by atoms with Crippen LogP contribution in [0.4, 0.5) is 5.69 Å². The van der Waals surface area contributed by atoms with Gasteiger partial charge < -0.3 is 0 Å². The second kappa shape index (κ2) is 5.08. The van der Waals surface area contributed by atoms with Crippen LogP contribution in [0, 0.1) is 6.92 Å². The highest BCUT2D eigenvalue weighted by molar-refractivity contribution is 7.93. The molecule has 0 saturated carbocycles. The van der Waals surface area contributed by atoms with Crippen molar-refractivity contribution in [2.45, 2.75) is 45.8 Å². The van der Waals surface area contributed by atoms with Crippen molar-refractivity contribution < 1.29 is 8.42 Å². The van der Waals surface area contributed by atoms with Crippen LogP contribution in [0.15, 0.2) is 18.2 Å². The number of sulfonamides is 1. The SMILES string of the molecule is Cc1cc(C(C)C)ccc1NS(=O)(=O)C(C)C. The highest BCUT2D eigenvalue weighted by Gasteiger charge is 2.16. The fourth-order valence-corrected chi connectivity index (χ4v) is 2.20. The molecule has 0 saturated heterocycles. The van der Waals surface area contributed by atoms with Gasteiger partial charge in [-0.1, -0.05) is 26.0 Å². The molecule has 1 N–H and O–H groups in total. The Balaban J connectivity index is 3.02. The molecule has 3 nitrogen and oxygen atoms in total. The van der Waals surface area contributed by atoms with Gasteiger partial charge in [-0.05, 0) is 43.9 Å². The van der Waals surface area contributed by atoms with Gasteiger partial charge >= 0.3 is 0 Å². The number of hydrogen-bond acceptors (Lipinski definition) is 2. The summed E-state index contributed by atoms with van der Waals surface area (Å²) in [7, 11) is -3.26. The van der Waals surface area contributed by atoms with Gasteiger partial charge in [-0.3, -0.25) is 4.72 Å². The van der Waals surface area contributed by atoms with Crippen molar-refractivity contribution in [3.63, 3.8) is 0 Å². The number of rotatable bonds is 4. The topological polar surface area (TPSA) is 46.2 Å². The summed E-state index contributed by atoms with van der Waals surface area (Å²) in [6.07, 6.45) is 0. The number of anilines is 1. The third kappa shape index (κ3) is 3.46. The second-order valence-corrected chi connectivity index (χ2v) is 7.16. The molecule has 0 heterocycles. The van der Waals surface area contributed by atoms with Gasteiger partial charge in [0.15, 0.2) is 0 Å². The summed E-state index contributed by atoms with van der Waals surface area (Å²) in [6.45, 7) is 9.49. The summed E-state index contributed by atoms with van der Waals surface area (Å²) in [6, 6.07) is 5.84. The van der Waals surface area contributed by atoms with Crippen LogP contribution in [0.5, 0.6) is 0 Å². The van der Waals surface area contributed by atoms with E-state index in [1.54, 1.807) is 13.8 Å². The van der Waals surface area contributed by atoms with Crippen LogP contribution in [0.3, 0.4) is 0 Å². The molecule has 0 radical (unpaired) electrons. The first-order chi connectivity index (χ1) is 7.74. The van der Waals surface area contributed by atoms with Crippen molar-refractivity contribution in [1.29, 1.82) is 0 Å². The molecule has 4 heteroatoms. The van der Waals surface area contributed by atoms with Gasteiger partial charge in [0.05, 0.1) is 10.9 Å². The molecular formula is C13H21NO2S. The van der Waals surface area contributed by atoms with Crippen LogP contribution in [-0.4, -0.2) is 13.7 Å². The highest BCUT2D eigenvalue weighted by Crippen LogP contribution is 2.23. The molecule has 0 aliphatic rings. The van der Waals surface area contributed by atoms with E-state index in [2.05, 4.69) is 18.6 Å². The number of benzene rings is 1. The first kappa shape index (κ1) is 14.0. The third-order valence-electron chi connectivity index (χ3n) is 2.79. The Hall–Kier alpha value is -1.03. The van der Waals surface area contributed by atoms with Gasteiger partial charge in [-0.15, -0.1) is 0 Å². The van der Waals surface area contributed by atoms with E-state index < -0.39 is 15.3 Å². The van der Waals surface area contributed by atoms with E-state index in [-0.39, 0.29) is 0 Å². The van der Waals surface area contributed by atoms with Crippen molar-refractivity contribution in [3.8, 4) is 0 Å². The molecule has 0 spiro atoms. The maximum atomic E-state index is 11.8. The molecule has 0 amide bonds. The molecule has 96 valence electrons. The zero-order chi connectivity index (χ0) is 13.2. The van der Waals surface area contributed by atoms with Crippen molar-refractivity contribution >= 4 is 15.7 Å². The molecule has 0 aliphatic heterocycles. The lowest BCUT2D eigenvalue weighted by Crippen LogP contribution is -2.22. The number of aryl methyl sites for hydroxylation is 1. The molecule has 0 bridgehead atoms. The minimum Gasteiger partial charge on any atom is -0.283 e. The Bertz CT molecular complexity index is 490. The highest BCUT2D eigenvalue weighted by atomic mass is 32.2. The van der Waals surface area contributed by atoms with E-state index in [9.17, 15) is 8.42 Å². The first-order valence-corrected chi connectivity index (χ1v) is 7.41.